The first-order valence-electron chi connectivity index (χ1n) is 10.2. The molecular formula is C24H20N4O2S2. The van der Waals surface area contributed by atoms with Gasteiger partial charge in [-0.1, -0.05) is 42.1 Å². The minimum atomic E-state index is -0.277. The smallest absolute Gasteiger partial charge is 0.227 e. The van der Waals surface area contributed by atoms with Crippen LogP contribution in [0.5, 0.6) is 11.5 Å². The van der Waals surface area contributed by atoms with Crippen LogP contribution in [0.25, 0.3) is 5.70 Å². The lowest BCUT2D eigenvalue weighted by Crippen LogP contribution is -2.32. The molecule has 160 valence electrons. The molecule has 2 aromatic heterocycles. The highest BCUT2D eigenvalue weighted by atomic mass is 32.2. The summed E-state index contributed by atoms with van der Waals surface area (Å²) in [5, 5.41) is 11.2. The molecule has 6 nitrogen and oxygen atoms in total. The van der Waals surface area contributed by atoms with Crippen molar-refractivity contribution in [3.63, 3.8) is 0 Å². The van der Waals surface area contributed by atoms with Gasteiger partial charge in [0.25, 0.3) is 0 Å². The molecular weight excluding hydrogens is 440 g/mol. The predicted molar refractivity (Wildman–Crippen MR) is 128 cm³/mol. The molecule has 8 heteroatoms. The van der Waals surface area contributed by atoms with Gasteiger partial charge in [0, 0.05) is 16.0 Å². The van der Waals surface area contributed by atoms with E-state index < -0.39 is 0 Å². The van der Waals surface area contributed by atoms with Crippen molar-refractivity contribution in [2.75, 3.05) is 18.7 Å². The number of hydrogen-bond acceptors (Lipinski definition) is 7. The first-order chi connectivity index (χ1) is 15.8. The largest absolute Gasteiger partial charge is 0.497 e. The maximum absolute atomic E-state index is 6.64. The summed E-state index contributed by atoms with van der Waals surface area (Å²) in [6.07, 6.45) is 1.72. The maximum Gasteiger partial charge on any atom is 0.227 e. The Kier molecular flexibility index (Phi) is 4.69. The number of aromatic nitrogens is 3. The molecule has 0 radical (unpaired) electrons. The van der Waals surface area contributed by atoms with Gasteiger partial charge in [-0.05, 0) is 47.5 Å². The van der Waals surface area contributed by atoms with E-state index in [1.54, 1.807) is 18.4 Å². The summed E-state index contributed by atoms with van der Waals surface area (Å²) >= 11 is 3.26. The third kappa shape index (κ3) is 3.02. The molecule has 0 aliphatic carbocycles. The average Bonchev–Trinajstić information content (AvgIpc) is 3.52. The normalized spacial score (nSPS) is 18.8. The van der Waals surface area contributed by atoms with Gasteiger partial charge >= 0.3 is 0 Å². The fraction of sp³-hybridized carbons (Fsp3) is 0.167. The fourth-order valence-electron chi connectivity index (χ4n) is 4.32. The zero-order chi connectivity index (χ0) is 21.7. The van der Waals surface area contributed by atoms with Crippen LogP contribution in [0, 0.1) is 0 Å². The molecule has 4 heterocycles. The molecule has 4 aromatic rings. The van der Waals surface area contributed by atoms with Crippen molar-refractivity contribution in [1.82, 2.24) is 14.8 Å². The van der Waals surface area contributed by atoms with Gasteiger partial charge in [0.15, 0.2) is 0 Å². The van der Waals surface area contributed by atoms with Crippen LogP contribution in [0.15, 0.2) is 76.8 Å². The second-order valence-electron chi connectivity index (χ2n) is 7.51. The summed E-state index contributed by atoms with van der Waals surface area (Å²) < 4.78 is 14.0. The minimum absolute atomic E-state index is 0.116. The van der Waals surface area contributed by atoms with E-state index in [1.807, 2.05) is 41.3 Å². The van der Waals surface area contributed by atoms with Crippen molar-refractivity contribution in [2.45, 2.75) is 17.3 Å². The number of rotatable bonds is 4. The van der Waals surface area contributed by atoms with Crippen molar-refractivity contribution < 1.29 is 9.47 Å². The van der Waals surface area contributed by atoms with Gasteiger partial charge in [0.1, 0.15) is 23.6 Å². The minimum Gasteiger partial charge on any atom is -0.497 e. The molecule has 2 aliphatic rings. The first-order valence-corrected chi connectivity index (χ1v) is 12.3. The molecule has 2 atom stereocenters. The van der Waals surface area contributed by atoms with Crippen LogP contribution < -0.4 is 14.8 Å². The fourth-order valence-corrected chi connectivity index (χ4v) is 5.49. The zero-order valence-electron chi connectivity index (χ0n) is 17.5. The van der Waals surface area contributed by atoms with E-state index >= 15 is 0 Å². The molecule has 0 bridgehead atoms. The third-order valence-corrected chi connectivity index (χ3v) is 7.24. The van der Waals surface area contributed by atoms with Crippen molar-refractivity contribution in [2.24, 2.45) is 0 Å². The van der Waals surface area contributed by atoms with E-state index in [0.717, 1.165) is 45.0 Å². The molecule has 32 heavy (non-hydrogen) atoms. The van der Waals surface area contributed by atoms with E-state index in [9.17, 15) is 0 Å². The lowest BCUT2D eigenvalue weighted by Gasteiger charge is -2.38. The standard InChI is InChI=1S/C24H20N4O2S2/c1-29-15-11-9-14(10-12-15)22-19-20(16-6-3-4-7-17(16)30-22)25-23-26-24(31-2)27-28(23)21(19)18-8-5-13-32-18/h3-13,21-22H,1-2H3,(H,25,26,27). The number of benzene rings is 2. The molecule has 0 amide bonds. The first kappa shape index (κ1) is 19.5. The van der Waals surface area contributed by atoms with Crippen molar-refractivity contribution in [1.29, 1.82) is 0 Å². The van der Waals surface area contributed by atoms with Gasteiger partial charge in [-0.25, -0.2) is 4.68 Å². The van der Waals surface area contributed by atoms with Gasteiger partial charge in [-0.2, -0.15) is 4.98 Å². The number of nitrogens with one attached hydrogen (secondary N) is 1. The van der Waals surface area contributed by atoms with E-state index in [1.165, 1.54) is 16.6 Å². The molecule has 1 N–H and O–H groups in total. The van der Waals surface area contributed by atoms with Crippen LogP contribution in [0.4, 0.5) is 5.95 Å². The SMILES string of the molecule is COc1ccc(C2Oc3ccccc3C3=C2C(c2cccs2)n2nc(SC)nc2N3)cc1. The summed E-state index contributed by atoms with van der Waals surface area (Å²) in [6, 6.07) is 20.4. The lowest BCUT2D eigenvalue weighted by molar-refractivity contribution is 0.223. The Morgan fingerprint density at radius 3 is 2.69 bits per heavy atom. The quantitative estimate of drug-likeness (QED) is 0.398. The predicted octanol–water partition coefficient (Wildman–Crippen LogP) is 5.63. The van der Waals surface area contributed by atoms with Gasteiger partial charge < -0.3 is 14.8 Å². The summed E-state index contributed by atoms with van der Waals surface area (Å²) in [7, 11) is 1.68. The van der Waals surface area contributed by atoms with E-state index in [-0.39, 0.29) is 12.1 Å². The lowest BCUT2D eigenvalue weighted by atomic mass is 9.87. The summed E-state index contributed by atoms with van der Waals surface area (Å²) in [6.45, 7) is 0. The number of hydrogen-bond donors (Lipinski definition) is 1. The highest BCUT2D eigenvalue weighted by molar-refractivity contribution is 7.98. The Morgan fingerprint density at radius 2 is 1.94 bits per heavy atom. The highest BCUT2D eigenvalue weighted by Crippen LogP contribution is 2.51. The summed E-state index contributed by atoms with van der Waals surface area (Å²) in [5.74, 6) is 2.41. The van der Waals surface area contributed by atoms with Gasteiger partial charge in [-0.3, -0.25) is 0 Å². The number of nitrogens with zero attached hydrogens (tertiary/aromatic N) is 3. The number of anilines is 1. The Hall–Kier alpha value is -3.23. The molecule has 2 aromatic carbocycles. The Labute approximate surface area is 193 Å². The summed E-state index contributed by atoms with van der Waals surface area (Å²) in [5.41, 5.74) is 4.26. The molecule has 6 rings (SSSR count). The van der Waals surface area contributed by atoms with Crippen LogP contribution >= 0.6 is 23.1 Å². The zero-order valence-corrected chi connectivity index (χ0v) is 19.1. The van der Waals surface area contributed by atoms with Crippen LogP contribution in [-0.2, 0) is 0 Å². The van der Waals surface area contributed by atoms with Crippen LogP contribution in [0.1, 0.15) is 28.1 Å². The highest BCUT2D eigenvalue weighted by Gasteiger charge is 2.41. The number of ether oxygens (including phenoxy) is 2. The molecule has 0 saturated heterocycles. The molecule has 0 fully saturated rings. The molecule has 0 saturated carbocycles. The Balaban J connectivity index is 1.60. The Morgan fingerprint density at radius 1 is 1.09 bits per heavy atom. The third-order valence-electron chi connectivity index (χ3n) is 5.77. The Bertz CT molecular complexity index is 1310. The van der Waals surface area contributed by atoms with Crippen LogP contribution in [-0.4, -0.2) is 28.1 Å². The van der Waals surface area contributed by atoms with Gasteiger partial charge in [0.2, 0.25) is 11.1 Å². The average molecular weight is 461 g/mol. The van der Waals surface area contributed by atoms with Gasteiger partial charge in [-0.15, -0.1) is 16.4 Å². The second-order valence-corrected chi connectivity index (χ2v) is 9.26. The second kappa shape index (κ2) is 7.72. The van der Waals surface area contributed by atoms with Crippen molar-refractivity contribution >= 4 is 34.7 Å². The van der Waals surface area contributed by atoms with E-state index in [0.29, 0.717) is 0 Å². The number of para-hydroxylation sites is 1. The van der Waals surface area contributed by atoms with Crippen LogP contribution in [0.3, 0.4) is 0 Å². The monoisotopic (exact) mass is 460 g/mol. The number of thioether (sulfide) groups is 1. The molecule has 0 spiro atoms. The number of methoxy groups -OCH3 is 1. The number of fused-ring (bicyclic) bond motifs is 3. The topological polar surface area (TPSA) is 61.2 Å². The summed E-state index contributed by atoms with van der Waals surface area (Å²) in [4.78, 5) is 5.92. The molecule has 2 unspecified atom stereocenters. The van der Waals surface area contributed by atoms with E-state index in [4.69, 9.17) is 19.6 Å². The number of thiophene rings is 1. The maximum atomic E-state index is 6.64. The van der Waals surface area contributed by atoms with Crippen LogP contribution in [0.2, 0.25) is 0 Å². The van der Waals surface area contributed by atoms with Crippen molar-refractivity contribution in [3.05, 3.63) is 87.6 Å². The van der Waals surface area contributed by atoms with Crippen molar-refractivity contribution in [3.8, 4) is 11.5 Å². The van der Waals surface area contributed by atoms with E-state index in [2.05, 4.69) is 41.0 Å². The van der Waals surface area contributed by atoms with Gasteiger partial charge in [0.05, 0.1) is 12.8 Å². The molecule has 2 aliphatic heterocycles.